The summed E-state index contributed by atoms with van der Waals surface area (Å²) in [5, 5.41) is 9.08. The predicted octanol–water partition coefficient (Wildman–Crippen LogP) is 0.476. The van der Waals surface area contributed by atoms with Gasteiger partial charge in [0.2, 0.25) is 11.8 Å². The lowest BCUT2D eigenvalue weighted by atomic mass is 10.1. The van der Waals surface area contributed by atoms with Gasteiger partial charge >= 0.3 is 5.97 Å². The summed E-state index contributed by atoms with van der Waals surface area (Å²) in [7, 11) is 0. The molecule has 2 unspecified atom stereocenters. The van der Waals surface area contributed by atoms with Gasteiger partial charge in [0.15, 0.2) is 0 Å². The molecule has 3 N–H and O–H groups in total. The second-order valence-corrected chi connectivity index (χ2v) is 4.54. The van der Waals surface area contributed by atoms with Crippen molar-refractivity contribution in [1.82, 2.24) is 0 Å². The highest BCUT2D eigenvalue weighted by Crippen LogP contribution is 2.49. The Morgan fingerprint density at radius 2 is 1.89 bits per heavy atom. The molecular formula is C12H10N2O4. The highest BCUT2D eigenvalue weighted by Gasteiger charge is 2.59. The van der Waals surface area contributed by atoms with Gasteiger partial charge in [-0.05, 0) is 24.6 Å². The number of imide groups is 1. The Balaban J connectivity index is 2.11. The van der Waals surface area contributed by atoms with Crippen molar-refractivity contribution < 1.29 is 19.5 Å². The molecule has 6 heteroatoms. The third-order valence-corrected chi connectivity index (χ3v) is 3.36. The molecule has 1 aromatic rings. The van der Waals surface area contributed by atoms with E-state index < -0.39 is 5.97 Å². The van der Waals surface area contributed by atoms with Crippen LogP contribution in [0.3, 0.4) is 0 Å². The molecule has 6 nitrogen and oxygen atoms in total. The van der Waals surface area contributed by atoms with E-state index in [1.165, 1.54) is 18.2 Å². The van der Waals surface area contributed by atoms with Gasteiger partial charge in [-0.25, -0.2) is 9.69 Å². The minimum Gasteiger partial charge on any atom is -0.478 e. The molecule has 2 atom stereocenters. The molecule has 2 fully saturated rings. The second-order valence-electron chi connectivity index (χ2n) is 4.54. The maximum Gasteiger partial charge on any atom is 0.337 e. The average Bonchev–Trinajstić information content (AvgIpc) is 3.04. The number of anilines is 2. The van der Waals surface area contributed by atoms with Crippen LogP contribution in [-0.4, -0.2) is 22.9 Å². The van der Waals surface area contributed by atoms with Gasteiger partial charge in [-0.1, -0.05) is 0 Å². The van der Waals surface area contributed by atoms with Crippen LogP contribution in [0.15, 0.2) is 18.2 Å². The van der Waals surface area contributed by atoms with Gasteiger partial charge < -0.3 is 10.8 Å². The first kappa shape index (κ1) is 10.8. The van der Waals surface area contributed by atoms with Gasteiger partial charge in [-0.3, -0.25) is 9.59 Å². The van der Waals surface area contributed by atoms with Crippen molar-refractivity contribution in [2.24, 2.45) is 11.8 Å². The van der Waals surface area contributed by atoms with Gasteiger partial charge in [0.05, 0.1) is 23.1 Å². The normalized spacial score (nSPS) is 25.2. The van der Waals surface area contributed by atoms with Crippen LogP contribution in [-0.2, 0) is 9.59 Å². The van der Waals surface area contributed by atoms with Crippen molar-refractivity contribution >= 4 is 29.2 Å². The van der Waals surface area contributed by atoms with Crippen molar-refractivity contribution in [1.29, 1.82) is 0 Å². The summed E-state index contributed by atoms with van der Waals surface area (Å²) < 4.78 is 0. The Morgan fingerprint density at radius 1 is 1.28 bits per heavy atom. The van der Waals surface area contributed by atoms with Gasteiger partial charge in [0.25, 0.3) is 0 Å². The Bertz CT molecular complexity index is 576. The molecule has 0 radical (unpaired) electrons. The van der Waals surface area contributed by atoms with Crippen LogP contribution in [0.4, 0.5) is 11.4 Å². The largest absolute Gasteiger partial charge is 0.478 e. The number of rotatable bonds is 2. The van der Waals surface area contributed by atoms with Gasteiger partial charge in [-0.2, -0.15) is 0 Å². The Labute approximate surface area is 102 Å². The first-order valence-electron chi connectivity index (χ1n) is 5.51. The van der Waals surface area contributed by atoms with Crippen molar-refractivity contribution in [2.45, 2.75) is 6.42 Å². The smallest absolute Gasteiger partial charge is 0.337 e. The number of amides is 2. The number of hydrogen-bond donors (Lipinski definition) is 2. The number of aromatic carboxylic acids is 1. The molecule has 1 saturated carbocycles. The summed E-state index contributed by atoms with van der Waals surface area (Å²) in [6, 6.07) is 4.08. The lowest BCUT2D eigenvalue weighted by Crippen LogP contribution is -2.34. The third kappa shape index (κ3) is 1.32. The summed E-state index contributed by atoms with van der Waals surface area (Å²) in [6.45, 7) is 0. The molecule has 0 bridgehead atoms. The number of carboxylic acids is 1. The second kappa shape index (κ2) is 3.32. The van der Waals surface area contributed by atoms with Gasteiger partial charge in [0, 0.05) is 5.69 Å². The number of fused-ring (bicyclic) bond motifs is 1. The van der Waals surface area contributed by atoms with Crippen molar-refractivity contribution in [3.05, 3.63) is 23.8 Å². The van der Waals surface area contributed by atoms with Crippen LogP contribution in [0.5, 0.6) is 0 Å². The van der Waals surface area contributed by atoms with Gasteiger partial charge in [0.1, 0.15) is 0 Å². The molecule has 1 heterocycles. The van der Waals surface area contributed by atoms with E-state index in [0.717, 1.165) is 4.90 Å². The van der Waals surface area contributed by atoms with Crippen LogP contribution in [0.1, 0.15) is 16.8 Å². The number of hydrogen-bond acceptors (Lipinski definition) is 4. The summed E-state index contributed by atoms with van der Waals surface area (Å²) in [6.07, 6.45) is 0.582. The summed E-state index contributed by atoms with van der Waals surface area (Å²) in [5.74, 6) is -2.36. The first-order chi connectivity index (χ1) is 8.50. The fraction of sp³-hybridized carbons (Fsp3) is 0.250. The SMILES string of the molecule is Nc1ccc(C(=O)O)c(N2C(=O)C3CC3C2=O)c1. The number of carbonyl (C=O) groups excluding carboxylic acids is 2. The fourth-order valence-electron chi connectivity index (χ4n) is 2.33. The van der Waals surface area contributed by atoms with E-state index >= 15 is 0 Å². The van der Waals surface area contributed by atoms with Crippen molar-refractivity contribution in [2.75, 3.05) is 10.6 Å². The Morgan fingerprint density at radius 3 is 2.44 bits per heavy atom. The molecule has 1 saturated heterocycles. The minimum atomic E-state index is -1.19. The van der Waals surface area contributed by atoms with Crippen LogP contribution in [0.25, 0.3) is 0 Å². The topological polar surface area (TPSA) is 101 Å². The number of benzene rings is 1. The standard InChI is InChI=1S/C12H10N2O4/c13-5-1-2-6(12(17)18)9(3-5)14-10(15)7-4-8(7)11(14)16/h1-3,7-8H,4,13H2,(H,17,18). The lowest BCUT2D eigenvalue weighted by molar-refractivity contribution is -0.123. The predicted molar refractivity (Wildman–Crippen MR) is 61.9 cm³/mol. The maximum atomic E-state index is 11.9. The Kier molecular flexibility index (Phi) is 1.98. The molecule has 3 rings (SSSR count). The molecule has 0 spiro atoms. The molecule has 2 amide bonds. The van der Waals surface area contributed by atoms with Crippen molar-refractivity contribution in [3.8, 4) is 0 Å². The van der Waals surface area contributed by atoms with E-state index in [1.54, 1.807) is 0 Å². The van der Waals surface area contributed by atoms with E-state index in [2.05, 4.69) is 0 Å². The zero-order chi connectivity index (χ0) is 13.0. The number of piperidine rings is 1. The zero-order valence-electron chi connectivity index (χ0n) is 9.29. The van der Waals surface area contributed by atoms with Crippen molar-refractivity contribution in [3.63, 3.8) is 0 Å². The van der Waals surface area contributed by atoms with Crippen LogP contribution >= 0.6 is 0 Å². The first-order valence-corrected chi connectivity index (χ1v) is 5.51. The highest BCUT2D eigenvalue weighted by atomic mass is 16.4. The third-order valence-electron chi connectivity index (χ3n) is 3.36. The van der Waals surface area contributed by atoms with Gasteiger partial charge in [-0.15, -0.1) is 0 Å². The highest BCUT2D eigenvalue weighted by molar-refractivity contribution is 6.26. The molecule has 0 aromatic heterocycles. The molecule has 2 aliphatic rings. The quantitative estimate of drug-likeness (QED) is 0.583. The molecule has 92 valence electrons. The van der Waals surface area contributed by atoms with E-state index in [1.807, 2.05) is 0 Å². The number of nitrogens with two attached hydrogens (primary N) is 1. The number of carbonyl (C=O) groups is 3. The maximum absolute atomic E-state index is 11.9. The molecule has 1 aliphatic heterocycles. The van der Waals surface area contributed by atoms with E-state index in [4.69, 9.17) is 10.8 Å². The molecule has 1 aromatic carbocycles. The summed E-state index contributed by atoms with van der Waals surface area (Å²) >= 11 is 0. The van der Waals surface area contributed by atoms with Crippen LogP contribution in [0, 0.1) is 11.8 Å². The molecule has 1 aliphatic carbocycles. The summed E-state index contributed by atoms with van der Waals surface area (Å²) in [4.78, 5) is 35.9. The lowest BCUT2D eigenvalue weighted by Gasteiger charge is -2.18. The van der Waals surface area contributed by atoms with E-state index in [9.17, 15) is 14.4 Å². The Hall–Kier alpha value is -2.37. The van der Waals surface area contributed by atoms with E-state index in [0.29, 0.717) is 12.1 Å². The molecular weight excluding hydrogens is 236 g/mol. The monoisotopic (exact) mass is 246 g/mol. The average molecular weight is 246 g/mol. The van der Waals surface area contributed by atoms with Crippen LogP contribution < -0.4 is 10.6 Å². The number of nitrogen functional groups attached to an aromatic ring is 1. The van der Waals surface area contributed by atoms with E-state index in [-0.39, 0.29) is 34.9 Å². The summed E-state index contributed by atoms with van der Waals surface area (Å²) in [5.41, 5.74) is 5.89. The number of carboxylic acid groups (broad SMARTS) is 1. The number of nitrogens with zero attached hydrogens (tertiary/aromatic N) is 1. The van der Waals surface area contributed by atoms with Crippen LogP contribution in [0.2, 0.25) is 0 Å². The molecule has 18 heavy (non-hydrogen) atoms. The minimum absolute atomic E-state index is 0.0738. The zero-order valence-corrected chi connectivity index (χ0v) is 9.29. The fourth-order valence-corrected chi connectivity index (χ4v) is 2.33.